The van der Waals surface area contributed by atoms with Gasteiger partial charge >= 0.3 is 0 Å². The maximum Gasteiger partial charge on any atom is 0.255 e. The fourth-order valence-electron chi connectivity index (χ4n) is 3.13. The Morgan fingerprint density at radius 3 is 2.73 bits per heavy atom. The predicted octanol–water partition coefficient (Wildman–Crippen LogP) is 3.17. The Labute approximate surface area is 196 Å². The zero-order chi connectivity index (χ0) is 24.0. The molecule has 1 atom stereocenters. The summed E-state index contributed by atoms with van der Waals surface area (Å²) in [5, 5.41) is 27.8. The van der Waals surface area contributed by atoms with Gasteiger partial charge in [0.05, 0.1) is 34.0 Å². The lowest BCUT2D eigenvalue weighted by molar-refractivity contribution is -0.00177. The van der Waals surface area contributed by atoms with Gasteiger partial charge in [0.1, 0.15) is 23.9 Å². The van der Waals surface area contributed by atoms with Crippen LogP contribution >= 0.6 is 11.6 Å². The predicted molar refractivity (Wildman–Crippen MR) is 122 cm³/mol. The average molecular weight is 477 g/mol. The van der Waals surface area contributed by atoms with Gasteiger partial charge in [0.25, 0.3) is 5.91 Å². The largest absolute Gasteiger partial charge is 0.387 e. The van der Waals surface area contributed by atoms with Crippen LogP contribution in [-0.2, 0) is 4.74 Å². The van der Waals surface area contributed by atoms with Gasteiger partial charge in [0, 0.05) is 37.7 Å². The number of aliphatic hydroxyl groups is 1. The van der Waals surface area contributed by atoms with Gasteiger partial charge in [0.15, 0.2) is 0 Å². The first-order valence-corrected chi connectivity index (χ1v) is 10.9. The number of anilines is 3. The Hall–Kier alpha value is -3.00. The van der Waals surface area contributed by atoms with Gasteiger partial charge < -0.3 is 25.8 Å². The molecule has 1 unspecified atom stereocenters. The number of hydrogen-bond donors (Lipinski definition) is 4. The number of carbonyl (C=O) groups excluding carboxylic acids is 1. The van der Waals surface area contributed by atoms with Crippen molar-refractivity contribution in [3.63, 3.8) is 0 Å². The Morgan fingerprint density at radius 1 is 1.36 bits per heavy atom. The lowest BCUT2D eigenvalue weighted by Crippen LogP contribution is -2.42. The quantitative estimate of drug-likeness (QED) is 0.456. The molecule has 0 spiro atoms. The highest BCUT2D eigenvalue weighted by molar-refractivity contribution is 6.33. The molecule has 0 bridgehead atoms. The van der Waals surface area contributed by atoms with Crippen molar-refractivity contribution in [3.05, 3.63) is 40.7 Å². The first-order valence-electron chi connectivity index (χ1n) is 10.5. The van der Waals surface area contributed by atoms with E-state index < -0.39 is 17.7 Å². The van der Waals surface area contributed by atoms with Crippen molar-refractivity contribution in [2.45, 2.75) is 44.5 Å². The highest BCUT2D eigenvalue weighted by atomic mass is 35.5. The number of alkyl halides is 1. The molecule has 1 aliphatic rings. The second-order valence-corrected chi connectivity index (χ2v) is 8.68. The highest BCUT2D eigenvalue weighted by Crippen LogP contribution is 2.27. The van der Waals surface area contributed by atoms with Crippen molar-refractivity contribution < 1.29 is 19.0 Å². The summed E-state index contributed by atoms with van der Waals surface area (Å²) in [5.41, 5.74) is -0.519. The van der Waals surface area contributed by atoms with E-state index in [9.17, 15) is 14.3 Å². The van der Waals surface area contributed by atoms with Crippen LogP contribution in [0.4, 0.5) is 21.7 Å². The molecule has 0 aromatic carbocycles. The molecule has 2 aromatic rings. The van der Waals surface area contributed by atoms with Gasteiger partial charge in [-0.1, -0.05) is 11.6 Å². The van der Waals surface area contributed by atoms with Gasteiger partial charge in [-0.25, -0.2) is 14.4 Å². The number of halogens is 2. The summed E-state index contributed by atoms with van der Waals surface area (Å²) in [5.74, 6) is 0.160. The first kappa shape index (κ1) is 24.6. The molecule has 0 saturated carbocycles. The van der Waals surface area contributed by atoms with E-state index in [1.54, 1.807) is 6.07 Å². The number of ether oxygens (including phenoxy) is 1. The van der Waals surface area contributed by atoms with E-state index in [2.05, 4.69) is 25.9 Å². The standard InChI is InChI=1S/C22H26ClFN6O3/c1-22(2,32)18(24)12-28-21(31)15-11-26-19(8-17(15)29-14-3-5-33-6-4-14)30-20-16(23)7-13(9-25)10-27-20/h7-8,10-11,14,18,32H,3-6,12H2,1-2H3,(H,28,31)(H2,26,27,29,30). The minimum absolute atomic E-state index is 0.0856. The number of hydrogen-bond acceptors (Lipinski definition) is 8. The average Bonchev–Trinajstić information content (AvgIpc) is 2.78. The minimum atomic E-state index is -1.63. The molecule has 9 nitrogen and oxygen atoms in total. The Bertz CT molecular complexity index is 1030. The summed E-state index contributed by atoms with van der Waals surface area (Å²) in [4.78, 5) is 21.2. The molecule has 3 heterocycles. The number of pyridine rings is 2. The number of carbonyl (C=O) groups is 1. The number of amides is 1. The lowest BCUT2D eigenvalue weighted by Gasteiger charge is -2.26. The van der Waals surface area contributed by atoms with Crippen molar-refractivity contribution in [1.29, 1.82) is 5.26 Å². The molecule has 0 radical (unpaired) electrons. The third kappa shape index (κ3) is 6.74. The molecule has 1 fully saturated rings. The smallest absolute Gasteiger partial charge is 0.255 e. The van der Waals surface area contributed by atoms with Crippen LogP contribution in [-0.4, -0.2) is 58.6 Å². The van der Waals surface area contributed by atoms with Gasteiger partial charge in [0.2, 0.25) is 0 Å². The zero-order valence-corrected chi connectivity index (χ0v) is 19.1. The molecule has 3 rings (SSSR count). The number of rotatable bonds is 8. The zero-order valence-electron chi connectivity index (χ0n) is 18.4. The monoisotopic (exact) mass is 476 g/mol. The molecule has 1 saturated heterocycles. The minimum Gasteiger partial charge on any atom is -0.387 e. The Morgan fingerprint density at radius 2 is 2.09 bits per heavy atom. The van der Waals surface area contributed by atoms with Crippen LogP contribution in [0.2, 0.25) is 5.02 Å². The molecule has 4 N–H and O–H groups in total. The van der Waals surface area contributed by atoms with E-state index in [4.69, 9.17) is 21.6 Å². The van der Waals surface area contributed by atoms with Gasteiger partial charge in [-0.05, 0) is 32.8 Å². The third-order valence-electron chi connectivity index (χ3n) is 5.15. The SMILES string of the molecule is CC(C)(O)C(F)CNC(=O)c1cnc(Nc2ncc(C#N)cc2Cl)cc1NC1CCOCC1. The summed E-state index contributed by atoms with van der Waals surface area (Å²) in [7, 11) is 0. The Balaban J connectivity index is 1.83. The van der Waals surface area contributed by atoms with E-state index in [-0.39, 0.29) is 23.2 Å². The van der Waals surface area contributed by atoms with Crippen LogP contribution in [0.25, 0.3) is 0 Å². The molecule has 0 aliphatic carbocycles. The molecule has 176 valence electrons. The van der Waals surface area contributed by atoms with Crippen LogP contribution in [0.3, 0.4) is 0 Å². The van der Waals surface area contributed by atoms with E-state index in [1.807, 2.05) is 6.07 Å². The molecule has 1 amide bonds. The van der Waals surface area contributed by atoms with Crippen molar-refractivity contribution in [2.75, 3.05) is 30.4 Å². The number of nitrogens with one attached hydrogen (secondary N) is 3. The van der Waals surface area contributed by atoms with E-state index in [0.29, 0.717) is 36.1 Å². The summed E-state index contributed by atoms with van der Waals surface area (Å²) >= 11 is 6.19. The van der Waals surface area contributed by atoms with Gasteiger partial charge in [-0.2, -0.15) is 5.26 Å². The second-order valence-electron chi connectivity index (χ2n) is 8.27. The van der Waals surface area contributed by atoms with Crippen molar-refractivity contribution in [1.82, 2.24) is 15.3 Å². The first-order chi connectivity index (χ1) is 15.7. The second kappa shape index (κ2) is 10.7. The third-order valence-corrected chi connectivity index (χ3v) is 5.44. The molecular weight excluding hydrogens is 451 g/mol. The van der Waals surface area contributed by atoms with E-state index >= 15 is 0 Å². The number of aromatic nitrogens is 2. The fourth-order valence-corrected chi connectivity index (χ4v) is 3.34. The maximum absolute atomic E-state index is 14.1. The maximum atomic E-state index is 14.1. The van der Waals surface area contributed by atoms with Crippen LogP contribution in [0.1, 0.15) is 42.6 Å². The summed E-state index contributed by atoms with van der Waals surface area (Å²) < 4.78 is 19.5. The van der Waals surface area contributed by atoms with Crippen LogP contribution in [0, 0.1) is 11.3 Å². The molecule has 2 aromatic heterocycles. The summed E-state index contributed by atoms with van der Waals surface area (Å²) in [6.45, 7) is 3.55. The van der Waals surface area contributed by atoms with Crippen molar-refractivity contribution in [2.24, 2.45) is 0 Å². The number of nitrogens with zero attached hydrogens (tertiary/aromatic N) is 3. The van der Waals surface area contributed by atoms with Crippen LogP contribution in [0.5, 0.6) is 0 Å². The molecule has 33 heavy (non-hydrogen) atoms. The number of nitriles is 1. The van der Waals surface area contributed by atoms with Crippen LogP contribution in [0.15, 0.2) is 24.5 Å². The van der Waals surface area contributed by atoms with Crippen molar-refractivity contribution >= 4 is 34.8 Å². The highest BCUT2D eigenvalue weighted by Gasteiger charge is 2.27. The van der Waals surface area contributed by atoms with Crippen molar-refractivity contribution in [3.8, 4) is 6.07 Å². The van der Waals surface area contributed by atoms with Crippen LogP contribution < -0.4 is 16.0 Å². The molecule has 11 heteroatoms. The molecule has 1 aliphatic heterocycles. The topological polar surface area (TPSA) is 132 Å². The lowest BCUT2D eigenvalue weighted by atomic mass is 10.0. The van der Waals surface area contributed by atoms with E-state index in [0.717, 1.165) is 12.8 Å². The van der Waals surface area contributed by atoms with Gasteiger partial charge in [-0.3, -0.25) is 4.79 Å². The normalized spacial score (nSPS) is 15.4. The Kier molecular flexibility index (Phi) is 8.02. The van der Waals surface area contributed by atoms with E-state index in [1.165, 1.54) is 32.3 Å². The summed E-state index contributed by atoms with van der Waals surface area (Å²) in [6.07, 6.45) is 2.65. The van der Waals surface area contributed by atoms with Gasteiger partial charge in [-0.15, -0.1) is 0 Å². The summed E-state index contributed by atoms with van der Waals surface area (Å²) in [6, 6.07) is 5.18. The molecular formula is C22H26ClFN6O3. The fraction of sp³-hybridized carbons (Fsp3) is 0.455.